The molecule has 1 unspecified atom stereocenters. The summed E-state index contributed by atoms with van der Waals surface area (Å²) in [5.74, 6) is 2.50. The van der Waals surface area contributed by atoms with E-state index in [9.17, 15) is 5.11 Å². The van der Waals surface area contributed by atoms with Crippen LogP contribution in [-0.2, 0) is 0 Å². The second-order valence-electron chi connectivity index (χ2n) is 8.68. The van der Waals surface area contributed by atoms with E-state index in [1.165, 1.54) is 6.42 Å². The highest BCUT2D eigenvalue weighted by Crippen LogP contribution is 2.39. The molecule has 184 valence electrons. The number of benzene rings is 2. The lowest BCUT2D eigenvalue weighted by molar-refractivity contribution is 0.160. The molecule has 3 rings (SSSR count). The molecule has 2 N–H and O–H groups in total. The third-order valence-electron chi connectivity index (χ3n) is 6.09. The highest BCUT2D eigenvalue weighted by molar-refractivity contribution is 5.88. The average molecular weight is 468 g/mol. The van der Waals surface area contributed by atoms with Gasteiger partial charge in [0.2, 0.25) is 0 Å². The van der Waals surface area contributed by atoms with Gasteiger partial charge in [-0.15, -0.1) is 0 Å². The lowest BCUT2D eigenvalue weighted by atomic mass is 9.99. The Morgan fingerprint density at radius 2 is 1.47 bits per heavy atom. The van der Waals surface area contributed by atoms with Crippen LogP contribution >= 0.6 is 0 Å². The molecule has 0 fully saturated rings. The summed E-state index contributed by atoms with van der Waals surface area (Å²) in [5.41, 5.74) is 2.62. The number of pyridine rings is 1. The number of aliphatic hydroxyl groups is 2. The number of aromatic nitrogens is 1. The fourth-order valence-electron chi connectivity index (χ4n) is 4.17. The van der Waals surface area contributed by atoms with Crippen molar-refractivity contribution in [2.24, 2.45) is 0 Å². The molecule has 0 aliphatic rings. The number of aryl methyl sites for hydroxylation is 1. The minimum atomic E-state index is -0.591. The van der Waals surface area contributed by atoms with Gasteiger partial charge in [-0.3, -0.25) is 4.98 Å². The number of nitrogens with zero attached hydrogens (tertiary/aromatic N) is 1. The maximum atomic E-state index is 11.0. The van der Waals surface area contributed by atoms with Crippen LogP contribution in [0, 0.1) is 6.92 Å². The van der Waals surface area contributed by atoms with Crippen molar-refractivity contribution in [2.75, 3.05) is 20.8 Å². The number of rotatable bonds is 14. The molecule has 6 heteroatoms. The van der Waals surface area contributed by atoms with Gasteiger partial charge < -0.3 is 24.4 Å². The largest absolute Gasteiger partial charge is 0.493 e. The number of ether oxygens (including phenoxy) is 3. The van der Waals surface area contributed by atoms with E-state index in [0.29, 0.717) is 29.4 Å². The predicted molar refractivity (Wildman–Crippen MR) is 135 cm³/mol. The first-order valence-corrected chi connectivity index (χ1v) is 12.2. The van der Waals surface area contributed by atoms with Crippen molar-refractivity contribution in [3.8, 4) is 23.0 Å². The van der Waals surface area contributed by atoms with Crippen molar-refractivity contribution >= 4 is 10.9 Å². The van der Waals surface area contributed by atoms with Crippen LogP contribution in [0.2, 0.25) is 0 Å². The molecule has 1 atom stereocenters. The molecule has 0 saturated carbocycles. The topological polar surface area (TPSA) is 81.0 Å². The van der Waals surface area contributed by atoms with Crippen LogP contribution < -0.4 is 14.2 Å². The van der Waals surface area contributed by atoms with E-state index in [-0.39, 0.29) is 6.61 Å². The van der Waals surface area contributed by atoms with E-state index in [0.717, 1.165) is 60.6 Å². The molecule has 0 radical (unpaired) electrons. The Balaban J connectivity index is 1.72. The molecule has 0 amide bonds. The van der Waals surface area contributed by atoms with Crippen LogP contribution in [0.4, 0.5) is 0 Å². The molecule has 0 bridgehead atoms. The van der Waals surface area contributed by atoms with E-state index in [4.69, 9.17) is 19.3 Å². The van der Waals surface area contributed by atoms with Gasteiger partial charge in [0.15, 0.2) is 11.5 Å². The summed E-state index contributed by atoms with van der Waals surface area (Å²) in [6.07, 6.45) is 9.34. The van der Waals surface area contributed by atoms with Gasteiger partial charge in [-0.05, 0) is 44.0 Å². The summed E-state index contributed by atoms with van der Waals surface area (Å²) in [5, 5.41) is 20.6. The summed E-state index contributed by atoms with van der Waals surface area (Å²) in [4.78, 5) is 4.44. The minimum absolute atomic E-state index is 0.282. The SMILES string of the molecule is COc1cc2nccc(Oc3ccc(C)cc3C(O)CCCCCCCCCO)c2cc1OC. The maximum Gasteiger partial charge on any atom is 0.162 e. The highest BCUT2D eigenvalue weighted by atomic mass is 16.5. The number of hydrogen-bond acceptors (Lipinski definition) is 6. The van der Waals surface area contributed by atoms with Crippen molar-refractivity contribution < 1.29 is 24.4 Å². The first-order chi connectivity index (χ1) is 16.6. The fourth-order valence-corrected chi connectivity index (χ4v) is 4.17. The van der Waals surface area contributed by atoms with Crippen LogP contribution in [0.1, 0.15) is 68.6 Å². The first kappa shape index (κ1) is 25.8. The van der Waals surface area contributed by atoms with Crippen LogP contribution in [0.5, 0.6) is 23.0 Å². The van der Waals surface area contributed by atoms with Crippen molar-refractivity contribution in [1.82, 2.24) is 4.98 Å². The van der Waals surface area contributed by atoms with Crippen LogP contribution in [0.25, 0.3) is 10.9 Å². The second kappa shape index (κ2) is 13.2. The molecular weight excluding hydrogens is 430 g/mol. The normalized spacial score (nSPS) is 12.0. The predicted octanol–water partition coefficient (Wildman–Crippen LogP) is 6.50. The molecule has 0 spiro atoms. The van der Waals surface area contributed by atoms with E-state index in [2.05, 4.69) is 4.98 Å². The molecule has 34 heavy (non-hydrogen) atoms. The molecular formula is C28H37NO5. The summed E-state index contributed by atoms with van der Waals surface area (Å²) in [7, 11) is 3.20. The Kier molecular flexibility index (Phi) is 9.98. The summed E-state index contributed by atoms with van der Waals surface area (Å²) in [6.45, 7) is 2.30. The first-order valence-electron chi connectivity index (χ1n) is 12.2. The number of hydrogen-bond donors (Lipinski definition) is 2. The molecule has 3 aromatic rings. The number of unbranched alkanes of at least 4 members (excludes halogenated alkanes) is 6. The van der Waals surface area contributed by atoms with Gasteiger partial charge >= 0.3 is 0 Å². The van der Waals surface area contributed by atoms with Gasteiger partial charge in [0.05, 0.1) is 25.8 Å². The molecule has 0 aliphatic carbocycles. The molecule has 6 nitrogen and oxygen atoms in total. The van der Waals surface area contributed by atoms with Gasteiger partial charge in [-0.2, -0.15) is 0 Å². The van der Waals surface area contributed by atoms with E-state index in [1.54, 1.807) is 20.4 Å². The highest BCUT2D eigenvalue weighted by Gasteiger charge is 2.17. The Labute approximate surface area is 202 Å². The van der Waals surface area contributed by atoms with Crippen LogP contribution in [0.3, 0.4) is 0 Å². The zero-order valence-corrected chi connectivity index (χ0v) is 20.5. The van der Waals surface area contributed by atoms with Crippen molar-refractivity contribution in [3.63, 3.8) is 0 Å². The van der Waals surface area contributed by atoms with Gasteiger partial charge in [0, 0.05) is 29.8 Å². The monoisotopic (exact) mass is 467 g/mol. The summed E-state index contributed by atoms with van der Waals surface area (Å²) >= 11 is 0. The zero-order chi connectivity index (χ0) is 24.3. The summed E-state index contributed by atoms with van der Waals surface area (Å²) in [6, 6.07) is 11.4. The summed E-state index contributed by atoms with van der Waals surface area (Å²) < 4.78 is 17.2. The molecule has 1 aromatic heterocycles. The van der Waals surface area contributed by atoms with E-state index < -0.39 is 6.10 Å². The van der Waals surface area contributed by atoms with Crippen LogP contribution in [0.15, 0.2) is 42.6 Å². The number of fused-ring (bicyclic) bond motifs is 1. The molecule has 1 heterocycles. The third kappa shape index (κ3) is 6.84. The molecule has 0 saturated heterocycles. The van der Waals surface area contributed by atoms with Crippen molar-refractivity contribution in [3.05, 3.63) is 53.7 Å². The standard InChI is InChI=1S/C28H37NO5/c1-20-12-13-25(22(17-20)24(31)11-9-7-5-4-6-8-10-16-30)34-26-14-15-29-23-19-28(33-3)27(32-2)18-21(23)26/h12-15,17-19,24,30-31H,4-11,16H2,1-3H3. The molecule has 0 aliphatic heterocycles. The Morgan fingerprint density at radius 1 is 0.794 bits per heavy atom. The van der Waals surface area contributed by atoms with Crippen molar-refractivity contribution in [1.29, 1.82) is 0 Å². The molecule has 2 aromatic carbocycles. The smallest absolute Gasteiger partial charge is 0.162 e. The van der Waals surface area contributed by atoms with E-state index in [1.807, 2.05) is 43.3 Å². The minimum Gasteiger partial charge on any atom is -0.493 e. The van der Waals surface area contributed by atoms with Gasteiger partial charge in [0.25, 0.3) is 0 Å². The van der Waals surface area contributed by atoms with Gasteiger partial charge in [-0.25, -0.2) is 0 Å². The number of aliphatic hydroxyl groups excluding tert-OH is 2. The number of methoxy groups -OCH3 is 2. The van der Waals surface area contributed by atoms with Crippen molar-refractivity contribution in [2.45, 2.75) is 64.4 Å². The second-order valence-corrected chi connectivity index (χ2v) is 8.68. The quantitative estimate of drug-likeness (QED) is 0.263. The van der Waals surface area contributed by atoms with Gasteiger partial charge in [0.1, 0.15) is 11.5 Å². The Hall–Kier alpha value is -2.83. The fraction of sp³-hybridized carbons (Fsp3) is 0.464. The Morgan fingerprint density at radius 3 is 2.18 bits per heavy atom. The zero-order valence-electron chi connectivity index (χ0n) is 20.5. The van der Waals surface area contributed by atoms with Gasteiger partial charge in [-0.1, -0.05) is 50.2 Å². The van der Waals surface area contributed by atoms with Crippen LogP contribution in [-0.4, -0.2) is 36.0 Å². The van der Waals surface area contributed by atoms with E-state index >= 15 is 0 Å². The maximum absolute atomic E-state index is 11.0. The average Bonchev–Trinajstić information content (AvgIpc) is 2.85. The Bertz CT molecular complexity index is 1050. The lowest BCUT2D eigenvalue weighted by Gasteiger charge is -2.18. The lowest BCUT2D eigenvalue weighted by Crippen LogP contribution is -2.02. The third-order valence-corrected chi connectivity index (χ3v) is 6.09.